The average Bonchev–Trinajstić information content (AvgIpc) is 1.84. The van der Waals surface area contributed by atoms with Crippen LogP contribution in [0, 0.1) is 20.8 Å². The summed E-state index contributed by atoms with van der Waals surface area (Å²) in [4.78, 5) is 0. The average molecular weight is 165 g/mol. The quantitative estimate of drug-likeness (QED) is 0.628. The standard InChI is InChI=1S/C9H12.C2H7N/c1-7-4-8(2)6-9(3)5-7;1-2-3/h4-6H,1-3H3;2-3H2,1H3. The summed E-state index contributed by atoms with van der Waals surface area (Å²) in [6.07, 6.45) is 0. The second-order valence-corrected chi connectivity index (χ2v) is 3.07. The Bertz CT molecular complexity index is 178. The van der Waals surface area contributed by atoms with Crippen LogP contribution in [-0.2, 0) is 0 Å². The summed E-state index contributed by atoms with van der Waals surface area (Å²) in [5, 5.41) is 0. The SMILES string of the molecule is CCN.Cc1cc(C)cc(C)c1. The van der Waals surface area contributed by atoms with Gasteiger partial charge in [-0.3, -0.25) is 0 Å². The molecule has 0 atom stereocenters. The topological polar surface area (TPSA) is 26.0 Å². The van der Waals surface area contributed by atoms with Crippen LogP contribution < -0.4 is 5.73 Å². The molecule has 0 aliphatic heterocycles. The lowest BCUT2D eigenvalue weighted by atomic mass is 10.1. The van der Waals surface area contributed by atoms with Gasteiger partial charge in [-0.1, -0.05) is 41.8 Å². The van der Waals surface area contributed by atoms with Gasteiger partial charge in [0.25, 0.3) is 0 Å². The summed E-state index contributed by atoms with van der Waals surface area (Å²) in [7, 11) is 0. The Labute approximate surface area is 75.6 Å². The molecule has 2 N–H and O–H groups in total. The van der Waals surface area contributed by atoms with Gasteiger partial charge in [-0.15, -0.1) is 0 Å². The van der Waals surface area contributed by atoms with E-state index in [0.29, 0.717) is 0 Å². The van der Waals surface area contributed by atoms with E-state index < -0.39 is 0 Å². The van der Waals surface area contributed by atoms with Crippen molar-refractivity contribution in [1.82, 2.24) is 0 Å². The zero-order valence-electron chi connectivity index (χ0n) is 8.52. The second-order valence-electron chi connectivity index (χ2n) is 3.07. The maximum Gasteiger partial charge on any atom is -0.0106 e. The smallest absolute Gasteiger partial charge is 0.0106 e. The molecule has 0 amide bonds. The summed E-state index contributed by atoms with van der Waals surface area (Å²) in [5.41, 5.74) is 8.91. The first-order valence-corrected chi connectivity index (χ1v) is 4.35. The summed E-state index contributed by atoms with van der Waals surface area (Å²) >= 11 is 0. The molecule has 0 heterocycles. The van der Waals surface area contributed by atoms with Gasteiger partial charge in [0.15, 0.2) is 0 Å². The molecular weight excluding hydrogens is 146 g/mol. The fraction of sp³-hybridized carbons (Fsp3) is 0.455. The number of nitrogens with two attached hydrogens (primary N) is 1. The molecule has 0 fully saturated rings. The van der Waals surface area contributed by atoms with E-state index in [1.54, 1.807) is 0 Å². The monoisotopic (exact) mass is 165 g/mol. The van der Waals surface area contributed by atoms with Gasteiger partial charge >= 0.3 is 0 Å². The van der Waals surface area contributed by atoms with E-state index in [9.17, 15) is 0 Å². The molecule has 68 valence electrons. The molecule has 1 rings (SSSR count). The molecule has 0 saturated carbocycles. The first-order chi connectivity index (χ1) is 5.60. The largest absolute Gasteiger partial charge is 0.331 e. The van der Waals surface area contributed by atoms with Crippen LogP contribution in [0.1, 0.15) is 23.6 Å². The first kappa shape index (κ1) is 11.2. The molecule has 0 bridgehead atoms. The molecule has 0 unspecified atom stereocenters. The van der Waals surface area contributed by atoms with Crippen LogP contribution in [0.15, 0.2) is 18.2 Å². The molecule has 12 heavy (non-hydrogen) atoms. The molecule has 0 spiro atoms. The molecular formula is C11H19N. The maximum absolute atomic E-state index is 4.85. The highest BCUT2D eigenvalue weighted by atomic mass is 14.5. The third kappa shape index (κ3) is 4.91. The van der Waals surface area contributed by atoms with Crippen molar-refractivity contribution in [2.75, 3.05) is 6.54 Å². The van der Waals surface area contributed by atoms with Crippen molar-refractivity contribution in [3.05, 3.63) is 34.9 Å². The summed E-state index contributed by atoms with van der Waals surface area (Å²) in [6, 6.07) is 6.56. The van der Waals surface area contributed by atoms with E-state index in [1.807, 2.05) is 6.92 Å². The number of hydrogen-bond acceptors (Lipinski definition) is 1. The third-order valence-electron chi connectivity index (χ3n) is 1.37. The highest BCUT2D eigenvalue weighted by Gasteiger charge is 1.87. The molecule has 1 nitrogen and oxygen atoms in total. The van der Waals surface area contributed by atoms with E-state index in [2.05, 4.69) is 39.0 Å². The first-order valence-electron chi connectivity index (χ1n) is 4.35. The zero-order valence-corrected chi connectivity index (χ0v) is 8.52. The van der Waals surface area contributed by atoms with Crippen LogP contribution in [0.25, 0.3) is 0 Å². The van der Waals surface area contributed by atoms with E-state index in [0.717, 1.165) is 6.54 Å². The van der Waals surface area contributed by atoms with Gasteiger partial charge in [0.1, 0.15) is 0 Å². The van der Waals surface area contributed by atoms with Crippen LogP contribution in [-0.4, -0.2) is 6.54 Å². The van der Waals surface area contributed by atoms with E-state index in [-0.39, 0.29) is 0 Å². The van der Waals surface area contributed by atoms with Crippen molar-refractivity contribution in [2.24, 2.45) is 5.73 Å². The fourth-order valence-corrected chi connectivity index (χ4v) is 1.20. The van der Waals surface area contributed by atoms with E-state index in [4.69, 9.17) is 5.73 Å². The van der Waals surface area contributed by atoms with Crippen LogP contribution in [0.5, 0.6) is 0 Å². The van der Waals surface area contributed by atoms with E-state index >= 15 is 0 Å². The summed E-state index contributed by atoms with van der Waals surface area (Å²) < 4.78 is 0. The molecule has 1 aromatic rings. The Morgan fingerprint density at radius 1 is 0.917 bits per heavy atom. The second kappa shape index (κ2) is 5.78. The Morgan fingerprint density at radius 2 is 1.08 bits per heavy atom. The van der Waals surface area contributed by atoms with Crippen molar-refractivity contribution >= 4 is 0 Å². The van der Waals surface area contributed by atoms with Crippen molar-refractivity contribution in [1.29, 1.82) is 0 Å². The summed E-state index contributed by atoms with van der Waals surface area (Å²) in [6.45, 7) is 9.03. The van der Waals surface area contributed by atoms with Gasteiger partial charge in [0, 0.05) is 0 Å². The minimum atomic E-state index is 0.750. The molecule has 0 radical (unpaired) electrons. The predicted molar refractivity (Wildman–Crippen MR) is 55.4 cm³/mol. The minimum Gasteiger partial charge on any atom is -0.331 e. The highest BCUT2D eigenvalue weighted by Crippen LogP contribution is 2.06. The van der Waals surface area contributed by atoms with Crippen LogP contribution >= 0.6 is 0 Å². The lowest BCUT2D eigenvalue weighted by Gasteiger charge is -1.96. The lowest BCUT2D eigenvalue weighted by Crippen LogP contribution is -1.87. The van der Waals surface area contributed by atoms with Gasteiger partial charge in [-0.25, -0.2) is 0 Å². The lowest BCUT2D eigenvalue weighted by molar-refractivity contribution is 1.14. The summed E-state index contributed by atoms with van der Waals surface area (Å²) in [5.74, 6) is 0. The maximum atomic E-state index is 4.85. The Balaban J connectivity index is 0.000000354. The molecule has 0 aliphatic carbocycles. The molecule has 1 aromatic carbocycles. The third-order valence-corrected chi connectivity index (χ3v) is 1.37. The van der Waals surface area contributed by atoms with Gasteiger partial charge in [-0.05, 0) is 27.3 Å². The molecule has 0 aliphatic rings. The van der Waals surface area contributed by atoms with Gasteiger partial charge in [0.2, 0.25) is 0 Å². The fourth-order valence-electron chi connectivity index (χ4n) is 1.20. The van der Waals surface area contributed by atoms with Crippen molar-refractivity contribution in [2.45, 2.75) is 27.7 Å². The number of benzene rings is 1. The molecule has 0 saturated heterocycles. The van der Waals surface area contributed by atoms with Crippen LogP contribution in [0.4, 0.5) is 0 Å². The minimum absolute atomic E-state index is 0.750. The van der Waals surface area contributed by atoms with Crippen molar-refractivity contribution < 1.29 is 0 Å². The highest BCUT2D eigenvalue weighted by molar-refractivity contribution is 5.27. The van der Waals surface area contributed by atoms with Gasteiger partial charge in [-0.2, -0.15) is 0 Å². The van der Waals surface area contributed by atoms with E-state index in [1.165, 1.54) is 16.7 Å². The number of hydrogen-bond donors (Lipinski definition) is 1. The molecule has 1 heteroatoms. The Morgan fingerprint density at radius 3 is 1.25 bits per heavy atom. The Kier molecular flexibility index (Phi) is 5.39. The number of rotatable bonds is 0. The van der Waals surface area contributed by atoms with Gasteiger partial charge < -0.3 is 5.73 Å². The van der Waals surface area contributed by atoms with Crippen molar-refractivity contribution in [3.8, 4) is 0 Å². The normalized spacial score (nSPS) is 8.75. The zero-order chi connectivity index (χ0) is 9.56. The Hall–Kier alpha value is -0.820. The molecule has 0 aromatic heterocycles. The predicted octanol–water partition coefficient (Wildman–Crippen LogP) is 2.58. The number of aryl methyl sites for hydroxylation is 3. The van der Waals surface area contributed by atoms with Crippen LogP contribution in [0.2, 0.25) is 0 Å². The van der Waals surface area contributed by atoms with Crippen LogP contribution in [0.3, 0.4) is 0 Å². The van der Waals surface area contributed by atoms with Crippen molar-refractivity contribution in [3.63, 3.8) is 0 Å². The van der Waals surface area contributed by atoms with Gasteiger partial charge in [0.05, 0.1) is 0 Å².